The van der Waals surface area contributed by atoms with Crippen LogP contribution in [0.3, 0.4) is 0 Å². The number of benzene rings is 2. The van der Waals surface area contributed by atoms with E-state index in [0.717, 1.165) is 11.3 Å². The molecule has 1 atom stereocenters. The van der Waals surface area contributed by atoms with Gasteiger partial charge in [0.2, 0.25) is 0 Å². The minimum absolute atomic E-state index is 0.277. The molecule has 7 nitrogen and oxygen atoms in total. The Bertz CT molecular complexity index is 1100. The Kier molecular flexibility index (Phi) is 5.54. The van der Waals surface area contributed by atoms with Crippen LogP contribution in [0.15, 0.2) is 60.1 Å². The summed E-state index contributed by atoms with van der Waals surface area (Å²) in [6, 6.07) is 11.8. The third-order valence-corrected chi connectivity index (χ3v) is 5.80. The van der Waals surface area contributed by atoms with Crippen LogP contribution in [0.25, 0.3) is 0 Å². The van der Waals surface area contributed by atoms with Gasteiger partial charge in [0, 0.05) is 22.6 Å². The van der Waals surface area contributed by atoms with Crippen molar-refractivity contribution < 1.29 is 9.18 Å². The maximum atomic E-state index is 14.6. The number of carbonyl (C=O) groups excluding carboxylic acids is 1. The van der Waals surface area contributed by atoms with Gasteiger partial charge in [-0.05, 0) is 49.2 Å². The van der Waals surface area contributed by atoms with Gasteiger partial charge in [-0.2, -0.15) is 5.10 Å². The molecular weight excluding hydrogens is 403 g/mol. The highest BCUT2D eigenvalue weighted by atomic mass is 32.2. The van der Waals surface area contributed by atoms with Gasteiger partial charge in [-0.15, -0.1) is 0 Å². The molecule has 154 valence electrons. The van der Waals surface area contributed by atoms with Crippen LogP contribution in [-0.4, -0.2) is 31.6 Å². The largest absolute Gasteiger partial charge is 0.379 e. The summed E-state index contributed by atoms with van der Waals surface area (Å²) < 4.78 is 16.3. The zero-order valence-electron chi connectivity index (χ0n) is 16.4. The molecule has 3 N–H and O–H groups in total. The first-order valence-corrected chi connectivity index (χ1v) is 10.4. The Morgan fingerprint density at radius 1 is 1.33 bits per heavy atom. The monoisotopic (exact) mass is 424 g/mol. The van der Waals surface area contributed by atoms with Crippen LogP contribution >= 0.6 is 11.8 Å². The average Bonchev–Trinajstić information content (AvgIpc) is 3.22. The second kappa shape index (κ2) is 8.27. The van der Waals surface area contributed by atoms with Crippen LogP contribution < -0.4 is 11.1 Å². The molecule has 9 heteroatoms. The first kappa shape index (κ1) is 20.1. The van der Waals surface area contributed by atoms with E-state index < -0.39 is 5.54 Å². The first-order valence-electron chi connectivity index (χ1n) is 9.44. The molecule has 1 amide bonds. The molecule has 3 aromatic rings. The van der Waals surface area contributed by atoms with Crippen molar-refractivity contribution in [1.82, 2.24) is 14.8 Å². The zero-order valence-corrected chi connectivity index (χ0v) is 17.2. The van der Waals surface area contributed by atoms with Crippen molar-refractivity contribution in [3.05, 3.63) is 77.6 Å². The second-order valence-corrected chi connectivity index (χ2v) is 8.38. The number of hydrogen-bond acceptors (Lipinski definition) is 6. The van der Waals surface area contributed by atoms with Gasteiger partial charge in [-0.1, -0.05) is 23.9 Å². The fourth-order valence-corrected chi connectivity index (χ4v) is 4.39. The van der Waals surface area contributed by atoms with E-state index in [1.165, 1.54) is 24.2 Å². The number of carbonyl (C=O) groups is 1. The lowest BCUT2D eigenvalue weighted by molar-refractivity contribution is 0.102. The minimum atomic E-state index is -0.752. The number of thioether (sulfide) groups is 1. The van der Waals surface area contributed by atoms with E-state index in [4.69, 9.17) is 5.73 Å². The number of nitrogens with zero attached hydrogens (tertiary/aromatic N) is 4. The van der Waals surface area contributed by atoms with Crippen molar-refractivity contribution >= 4 is 28.5 Å². The third-order valence-electron chi connectivity index (χ3n) is 5.00. The maximum absolute atomic E-state index is 14.6. The summed E-state index contributed by atoms with van der Waals surface area (Å²) in [6.45, 7) is 2.37. The van der Waals surface area contributed by atoms with Crippen molar-refractivity contribution in [2.24, 2.45) is 10.7 Å². The van der Waals surface area contributed by atoms with E-state index in [2.05, 4.69) is 20.4 Å². The molecule has 1 aliphatic heterocycles. The highest BCUT2D eigenvalue weighted by molar-refractivity contribution is 8.13. The number of aromatic nitrogens is 3. The number of anilines is 1. The summed E-state index contributed by atoms with van der Waals surface area (Å²) in [6.07, 6.45) is 3.75. The van der Waals surface area contributed by atoms with Crippen molar-refractivity contribution in [3.63, 3.8) is 0 Å². The smallest absolute Gasteiger partial charge is 0.255 e. The zero-order chi connectivity index (χ0) is 21.1. The predicted octanol–water partition coefficient (Wildman–Crippen LogP) is 3.38. The van der Waals surface area contributed by atoms with E-state index in [1.54, 1.807) is 35.3 Å². The number of aliphatic imine (C=N–C) groups is 1. The van der Waals surface area contributed by atoms with Crippen molar-refractivity contribution in [2.75, 3.05) is 11.1 Å². The SMILES string of the molecule is CC1(c2cc(NC(=O)c3cccc(Cn4cncn4)c3)ccc2F)CCSC(N)=N1. The molecule has 0 saturated heterocycles. The highest BCUT2D eigenvalue weighted by Crippen LogP contribution is 2.37. The van der Waals surface area contributed by atoms with Crippen LogP contribution in [0.1, 0.15) is 34.8 Å². The molecular formula is C21H21FN6OS. The highest BCUT2D eigenvalue weighted by Gasteiger charge is 2.32. The first-order chi connectivity index (χ1) is 14.4. The number of hydrogen-bond donors (Lipinski definition) is 2. The molecule has 0 aliphatic carbocycles. The van der Waals surface area contributed by atoms with E-state index in [1.807, 2.05) is 19.1 Å². The number of nitrogens with two attached hydrogens (primary N) is 1. The Balaban J connectivity index is 1.55. The van der Waals surface area contributed by atoms with Gasteiger partial charge < -0.3 is 11.1 Å². The fraction of sp³-hybridized carbons (Fsp3) is 0.238. The van der Waals surface area contributed by atoms with Crippen LogP contribution in [0.5, 0.6) is 0 Å². The van der Waals surface area contributed by atoms with Crippen molar-refractivity contribution in [3.8, 4) is 0 Å². The van der Waals surface area contributed by atoms with E-state index in [9.17, 15) is 9.18 Å². The summed E-state index contributed by atoms with van der Waals surface area (Å²) >= 11 is 1.46. The van der Waals surface area contributed by atoms with Gasteiger partial charge in [-0.3, -0.25) is 9.79 Å². The maximum Gasteiger partial charge on any atom is 0.255 e. The van der Waals surface area contributed by atoms with Crippen molar-refractivity contribution in [1.29, 1.82) is 0 Å². The molecule has 2 heterocycles. The number of amidine groups is 1. The fourth-order valence-electron chi connectivity index (χ4n) is 3.41. The molecule has 4 rings (SSSR count). The lowest BCUT2D eigenvalue weighted by Gasteiger charge is -2.30. The number of halogens is 1. The van der Waals surface area contributed by atoms with Gasteiger partial charge in [0.05, 0.1) is 12.1 Å². The molecule has 0 spiro atoms. The van der Waals surface area contributed by atoms with Crippen molar-refractivity contribution in [2.45, 2.75) is 25.4 Å². The molecule has 2 aromatic carbocycles. The molecule has 30 heavy (non-hydrogen) atoms. The second-order valence-electron chi connectivity index (χ2n) is 7.26. The molecule has 0 saturated carbocycles. The van der Waals surface area contributed by atoms with Gasteiger partial charge in [0.1, 0.15) is 18.5 Å². The quantitative estimate of drug-likeness (QED) is 0.654. The Hall–Kier alpha value is -3.20. The Morgan fingerprint density at radius 2 is 2.20 bits per heavy atom. The molecule has 1 aliphatic rings. The molecule has 1 unspecified atom stereocenters. The number of amides is 1. The third kappa shape index (κ3) is 4.35. The van der Waals surface area contributed by atoms with Crippen LogP contribution in [0, 0.1) is 5.82 Å². The summed E-state index contributed by atoms with van der Waals surface area (Å²) in [5.74, 6) is 0.120. The summed E-state index contributed by atoms with van der Waals surface area (Å²) in [5, 5.41) is 7.38. The molecule has 0 fully saturated rings. The van der Waals surface area contributed by atoms with E-state index >= 15 is 0 Å². The number of nitrogens with one attached hydrogen (secondary N) is 1. The summed E-state index contributed by atoms with van der Waals surface area (Å²) in [5.41, 5.74) is 7.46. The number of rotatable bonds is 5. The normalized spacial score (nSPS) is 18.7. The van der Waals surface area contributed by atoms with Gasteiger partial charge in [0.25, 0.3) is 5.91 Å². The molecule has 1 aromatic heterocycles. The lowest BCUT2D eigenvalue weighted by Crippen LogP contribution is -2.29. The molecule has 0 bridgehead atoms. The average molecular weight is 425 g/mol. The summed E-state index contributed by atoms with van der Waals surface area (Å²) in [7, 11) is 0. The Morgan fingerprint density at radius 3 is 2.97 bits per heavy atom. The van der Waals surface area contributed by atoms with Gasteiger partial charge in [0.15, 0.2) is 5.17 Å². The predicted molar refractivity (Wildman–Crippen MR) is 116 cm³/mol. The van der Waals surface area contributed by atoms with E-state index in [0.29, 0.717) is 34.9 Å². The van der Waals surface area contributed by atoms with E-state index in [-0.39, 0.29) is 11.7 Å². The van der Waals surface area contributed by atoms with Gasteiger partial charge in [-0.25, -0.2) is 14.1 Å². The summed E-state index contributed by atoms with van der Waals surface area (Å²) in [4.78, 5) is 21.2. The van der Waals surface area contributed by atoms with Crippen LogP contribution in [-0.2, 0) is 12.1 Å². The standard InChI is InChI=1S/C21H21FN6OS/c1-21(7-8-30-20(23)27-21)17-10-16(5-6-18(17)22)26-19(29)15-4-2-3-14(9-15)11-28-13-24-12-25-28/h2-6,9-10,12-13H,7-8,11H2,1H3,(H2,23,27)(H,26,29). The van der Waals surface area contributed by atoms with Crippen LogP contribution in [0.2, 0.25) is 0 Å². The van der Waals surface area contributed by atoms with Gasteiger partial charge >= 0.3 is 0 Å². The Labute approximate surface area is 177 Å². The topological polar surface area (TPSA) is 98.2 Å². The minimum Gasteiger partial charge on any atom is -0.379 e. The lowest BCUT2D eigenvalue weighted by atomic mass is 9.89. The molecule has 0 radical (unpaired) electrons. The van der Waals surface area contributed by atoms with Crippen LogP contribution in [0.4, 0.5) is 10.1 Å².